The first kappa shape index (κ1) is 27.5. The number of para-hydroxylation sites is 1. The molecule has 0 aliphatic heterocycles. The number of hydrogen-bond donors (Lipinski definition) is 1. The fourth-order valence-corrected chi connectivity index (χ4v) is 3.52. The van der Waals surface area contributed by atoms with Gasteiger partial charge in [-0.2, -0.15) is 13.2 Å². The molecule has 2 aromatic carbocycles. The van der Waals surface area contributed by atoms with E-state index in [0.29, 0.717) is 34.9 Å². The van der Waals surface area contributed by atoms with Gasteiger partial charge in [-0.1, -0.05) is 56.3 Å². The Morgan fingerprint density at radius 2 is 1.56 bits per heavy atom. The van der Waals surface area contributed by atoms with Gasteiger partial charge in [0, 0.05) is 30.9 Å². The molecule has 34 heavy (non-hydrogen) atoms. The summed E-state index contributed by atoms with van der Waals surface area (Å²) in [4.78, 5) is 17.0. The average molecular weight is 494 g/mol. The SMILES string of the molecule is C=C(/C=C(\Nc1ccccc1Cl)c1ccc(C(=O)N(CC)CCN(CC)CC)cc1)C(F)(F)F. The van der Waals surface area contributed by atoms with Gasteiger partial charge < -0.3 is 15.1 Å². The minimum atomic E-state index is -4.57. The van der Waals surface area contributed by atoms with Crippen molar-refractivity contribution in [3.05, 3.63) is 82.9 Å². The maximum Gasteiger partial charge on any atom is 0.415 e. The van der Waals surface area contributed by atoms with E-state index in [1.165, 1.54) is 0 Å². The molecule has 0 saturated heterocycles. The van der Waals surface area contributed by atoms with Crippen molar-refractivity contribution in [2.75, 3.05) is 38.0 Å². The molecule has 184 valence electrons. The highest BCUT2D eigenvalue weighted by atomic mass is 35.5. The van der Waals surface area contributed by atoms with E-state index in [-0.39, 0.29) is 11.6 Å². The van der Waals surface area contributed by atoms with E-state index in [1.54, 1.807) is 53.4 Å². The van der Waals surface area contributed by atoms with E-state index >= 15 is 0 Å². The molecule has 0 spiro atoms. The highest BCUT2D eigenvalue weighted by molar-refractivity contribution is 6.33. The summed E-state index contributed by atoms with van der Waals surface area (Å²) in [5, 5.41) is 3.33. The van der Waals surface area contributed by atoms with Crippen LogP contribution in [0.25, 0.3) is 5.70 Å². The number of hydrogen-bond acceptors (Lipinski definition) is 3. The monoisotopic (exact) mass is 493 g/mol. The number of carbonyl (C=O) groups is 1. The van der Waals surface area contributed by atoms with Crippen molar-refractivity contribution in [3.63, 3.8) is 0 Å². The Morgan fingerprint density at radius 1 is 0.971 bits per heavy atom. The number of carbonyl (C=O) groups excluding carboxylic acids is 1. The van der Waals surface area contributed by atoms with Crippen LogP contribution in [-0.4, -0.2) is 54.6 Å². The van der Waals surface area contributed by atoms with E-state index in [1.807, 2.05) is 6.92 Å². The van der Waals surface area contributed by atoms with Gasteiger partial charge in [0.05, 0.1) is 16.3 Å². The molecule has 1 N–H and O–H groups in total. The van der Waals surface area contributed by atoms with Gasteiger partial charge in [-0.05, 0) is 55.9 Å². The quantitative estimate of drug-likeness (QED) is 0.353. The third kappa shape index (κ3) is 7.64. The lowest BCUT2D eigenvalue weighted by molar-refractivity contribution is -0.0877. The molecule has 0 atom stereocenters. The zero-order valence-electron chi connectivity index (χ0n) is 19.8. The fourth-order valence-electron chi connectivity index (χ4n) is 3.34. The van der Waals surface area contributed by atoms with Gasteiger partial charge in [-0.3, -0.25) is 4.79 Å². The van der Waals surface area contributed by atoms with Crippen LogP contribution in [0.15, 0.2) is 66.8 Å². The number of amides is 1. The van der Waals surface area contributed by atoms with Crippen LogP contribution in [0.1, 0.15) is 36.7 Å². The van der Waals surface area contributed by atoms with Crippen molar-refractivity contribution in [2.24, 2.45) is 0 Å². The molecule has 0 unspecified atom stereocenters. The second kappa shape index (κ2) is 12.6. The van der Waals surface area contributed by atoms with E-state index in [4.69, 9.17) is 11.6 Å². The second-order valence-corrected chi connectivity index (χ2v) is 8.08. The standard InChI is InChI=1S/C26H31ClF3N3O/c1-5-32(6-2)16-17-33(7-3)25(34)21-14-12-20(13-15-21)24(18-19(4)26(28,29)30)31-23-11-9-8-10-22(23)27/h8-15,18,31H,4-7,16-17H2,1-3H3/b24-18-. The molecule has 0 aliphatic carbocycles. The number of alkyl halides is 3. The molecule has 0 aromatic heterocycles. The van der Waals surface area contributed by atoms with Gasteiger partial charge >= 0.3 is 6.18 Å². The number of likely N-dealkylation sites (N-methyl/N-ethyl adjacent to an activating group) is 2. The topological polar surface area (TPSA) is 35.6 Å². The molecule has 1 amide bonds. The first-order valence-corrected chi connectivity index (χ1v) is 11.6. The number of rotatable bonds is 11. The smallest absolute Gasteiger partial charge is 0.354 e. The number of halogens is 4. The Labute approximate surface area is 204 Å². The van der Waals surface area contributed by atoms with Gasteiger partial charge in [0.25, 0.3) is 5.91 Å². The van der Waals surface area contributed by atoms with Gasteiger partial charge in [0.15, 0.2) is 0 Å². The largest absolute Gasteiger partial charge is 0.415 e. The number of allylic oxidation sites excluding steroid dienone is 2. The third-order valence-corrected chi connectivity index (χ3v) is 5.85. The molecule has 0 bridgehead atoms. The molecular weight excluding hydrogens is 463 g/mol. The normalized spacial score (nSPS) is 12.1. The van der Waals surface area contributed by atoms with Crippen molar-refractivity contribution in [3.8, 4) is 0 Å². The van der Waals surface area contributed by atoms with Crippen LogP contribution in [-0.2, 0) is 0 Å². The van der Waals surface area contributed by atoms with E-state index in [2.05, 4.69) is 30.6 Å². The lowest BCUT2D eigenvalue weighted by atomic mass is 10.1. The Balaban J connectivity index is 2.30. The van der Waals surface area contributed by atoms with E-state index in [9.17, 15) is 18.0 Å². The minimum absolute atomic E-state index is 0.120. The Bertz CT molecular complexity index is 999. The molecule has 4 nitrogen and oxygen atoms in total. The molecule has 8 heteroatoms. The van der Waals surface area contributed by atoms with Gasteiger partial charge in [-0.15, -0.1) is 0 Å². The van der Waals surface area contributed by atoms with Gasteiger partial charge in [-0.25, -0.2) is 0 Å². The molecule has 0 radical (unpaired) electrons. The van der Waals surface area contributed by atoms with Crippen LogP contribution < -0.4 is 5.32 Å². The second-order valence-electron chi connectivity index (χ2n) is 7.67. The lowest BCUT2D eigenvalue weighted by Gasteiger charge is -2.25. The van der Waals surface area contributed by atoms with Crippen molar-refractivity contribution in [1.29, 1.82) is 0 Å². The summed E-state index contributed by atoms with van der Waals surface area (Å²) < 4.78 is 39.5. The predicted octanol–water partition coefficient (Wildman–Crippen LogP) is 6.72. The minimum Gasteiger partial charge on any atom is -0.354 e. The van der Waals surface area contributed by atoms with Crippen LogP contribution >= 0.6 is 11.6 Å². The van der Waals surface area contributed by atoms with Crippen molar-refractivity contribution in [1.82, 2.24) is 9.80 Å². The van der Waals surface area contributed by atoms with Crippen LogP contribution in [0.5, 0.6) is 0 Å². The van der Waals surface area contributed by atoms with Crippen molar-refractivity contribution in [2.45, 2.75) is 26.9 Å². The predicted molar refractivity (Wildman–Crippen MR) is 134 cm³/mol. The maximum absolute atomic E-state index is 13.2. The van der Waals surface area contributed by atoms with Crippen LogP contribution in [0, 0.1) is 0 Å². The van der Waals surface area contributed by atoms with Crippen LogP contribution in [0.4, 0.5) is 18.9 Å². The van der Waals surface area contributed by atoms with Gasteiger partial charge in [0.1, 0.15) is 0 Å². The first-order valence-electron chi connectivity index (χ1n) is 11.2. The summed E-state index contributed by atoms with van der Waals surface area (Å²) in [5.41, 5.74) is 0.558. The van der Waals surface area contributed by atoms with Crippen molar-refractivity contribution < 1.29 is 18.0 Å². The number of nitrogens with zero attached hydrogens (tertiary/aromatic N) is 2. The van der Waals surface area contributed by atoms with Crippen LogP contribution in [0.2, 0.25) is 5.02 Å². The molecule has 0 heterocycles. The summed E-state index contributed by atoms with van der Waals surface area (Å²) in [7, 11) is 0. The summed E-state index contributed by atoms with van der Waals surface area (Å²) in [6.07, 6.45) is -3.64. The number of benzene rings is 2. The third-order valence-electron chi connectivity index (χ3n) is 5.52. The Morgan fingerprint density at radius 3 is 2.09 bits per heavy atom. The molecule has 2 rings (SSSR count). The van der Waals surface area contributed by atoms with Gasteiger partial charge in [0.2, 0.25) is 0 Å². The summed E-state index contributed by atoms with van der Waals surface area (Å²) in [5.74, 6) is -0.120. The maximum atomic E-state index is 13.2. The molecule has 0 saturated carbocycles. The first-order chi connectivity index (χ1) is 16.1. The molecule has 0 fully saturated rings. The molecule has 0 aliphatic rings. The summed E-state index contributed by atoms with van der Waals surface area (Å²) >= 11 is 6.18. The Hall–Kier alpha value is -2.77. The van der Waals surface area contributed by atoms with E-state index < -0.39 is 11.7 Å². The molecule has 2 aromatic rings. The zero-order valence-corrected chi connectivity index (χ0v) is 20.5. The van der Waals surface area contributed by atoms with E-state index in [0.717, 1.165) is 25.7 Å². The average Bonchev–Trinajstić information content (AvgIpc) is 2.82. The number of anilines is 1. The summed E-state index contributed by atoms with van der Waals surface area (Å²) in [6.45, 7) is 13.0. The van der Waals surface area contributed by atoms with Crippen LogP contribution in [0.3, 0.4) is 0 Å². The lowest BCUT2D eigenvalue weighted by Crippen LogP contribution is -2.38. The highest BCUT2D eigenvalue weighted by Crippen LogP contribution is 2.30. The van der Waals surface area contributed by atoms with Crippen molar-refractivity contribution >= 4 is 28.9 Å². The number of nitrogens with one attached hydrogen (secondary N) is 1. The zero-order chi connectivity index (χ0) is 25.3. The molecular formula is C26H31ClF3N3O. The Kier molecular flexibility index (Phi) is 10.2. The highest BCUT2D eigenvalue weighted by Gasteiger charge is 2.30. The summed E-state index contributed by atoms with van der Waals surface area (Å²) in [6, 6.07) is 13.2. The fraction of sp³-hybridized carbons (Fsp3) is 0.346.